The molecular formula is C15H14BrN7O4S2. The predicted octanol–water partition coefficient (Wildman–Crippen LogP) is 2.10. The van der Waals surface area contributed by atoms with Crippen molar-refractivity contribution < 1.29 is 14.0 Å². The van der Waals surface area contributed by atoms with Crippen LogP contribution in [0.5, 0.6) is 0 Å². The zero-order valence-electron chi connectivity index (χ0n) is 14.8. The number of nitrogens with zero attached hydrogens (tertiary/aromatic N) is 3. The van der Waals surface area contributed by atoms with Gasteiger partial charge < -0.3 is 15.5 Å². The average Bonchev–Trinajstić information content (AvgIpc) is 3.31. The number of halogens is 1. The van der Waals surface area contributed by atoms with E-state index in [1.165, 1.54) is 23.5 Å². The van der Waals surface area contributed by atoms with Gasteiger partial charge in [-0.25, -0.2) is 4.98 Å². The molecule has 0 atom stereocenters. The molecule has 0 bridgehead atoms. The fraction of sp³-hybridized carbons (Fsp3) is 0.200. The van der Waals surface area contributed by atoms with Crippen LogP contribution in [-0.2, 0) is 11.2 Å². The molecule has 3 aromatic rings. The number of carbonyl (C=O) groups is 2. The van der Waals surface area contributed by atoms with Crippen molar-refractivity contribution in [3.63, 3.8) is 0 Å². The second-order valence-electron chi connectivity index (χ2n) is 5.38. The van der Waals surface area contributed by atoms with Gasteiger partial charge in [0, 0.05) is 0 Å². The fourth-order valence-corrected chi connectivity index (χ4v) is 3.68. The van der Waals surface area contributed by atoms with E-state index in [4.69, 9.17) is 10.2 Å². The summed E-state index contributed by atoms with van der Waals surface area (Å²) in [6.07, 6.45) is 0.729. The van der Waals surface area contributed by atoms with Gasteiger partial charge in [0.2, 0.25) is 11.0 Å². The van der Waals surface area contributed by atoms with E-state index in [0.717, 1.165) is 23.2 Å². The van der Waals surface area contributed by atoms with Crippen LogP contribution in [-0.4, -0.2) is 37.7 Å². The van der Waals surface area contributed by atoms with Crippen molar-refractivity contribution in [3.05, 3.63) is 37.9 Å². The van der Waals surface area contributed by atoms with Gasteiger partial charge in [0.05, 0.1) is 5.75 Å². The first-order valence-electron chi connectivity index (χ1n) is 8.07. The lowest BCUT2D eigenvalue weighted by molar-refractivity contribution is -0.113. The molecule has 5 N–H and O–H groups in total. The van der Waals surface area contributed by atoms with Crippen molar-refractivity contribution in [1.82, 2.24) is 20.2 Å². The third-order valence-corrected chi connectivity index (χ3v) is 5.60. The zero-order valence-corrected chi connectivity index (χ0v) is 18.0. The van der Waals surface area contributed by atoms with Crippen LogP contribution in [0.15, 0.2) is 31.2 Å². The van der Waals surface area contributed by atoms with Gasteiger partial charge in [-0.2, -0.15) is 0 Å². The first kappa shape index (κ1) is 21.0. The molecule has 0 aliphatic carbocycles. The number of anilines is 3. The molecule has 3 rings (SSSR count). The van der Waals surface area contributed by atoms with Gasteiger partial charge >= 0.3 is 0 Å². The number of aromatic nitrogens is 4. The molecule has 3 aromatic heterocycles. The Kier molecular flexibility index (Phi) is 6.66. The number of H-pyrrole nitrogens is 1. The van der Waals surface area contributed by atoms with Crippen molar-refractivity contribution >= 4 is 67.5 Å². The van der Waals surface area contributed by atoms with Crippen LogP contribution < -0.4 is 21.9 Å². The van der Waals surface area contributed by atoms with Gasteiger partial charge in [-0.1, -0.05) is 30.0 Å². The highest BCUT2D eigenvalue weighted by Gasteiger charge is 2.17. The number of rotatable bonds is 7. The molecule has 0 saturated heterocycles. The summed E-state index contributed by atoms with van der Waals surface area (Å²) >= 11 is 5.35. The average molecular weight is 500 g/mol. The monoisotopic (exact) mass is 499 g/mol. The maximum Gasteiger partial charge on any atom is 0.291 e. The van der Waals surface area contributed by atoms with Crippen LogP contribution in [0, 0.1) is 0 Å². The van der Waals surface area contributed by atoms with Crippen molar-refractivity contribution in [2.24, 2.45) is 0 Å². The SMILES string of the molecule is CCc1nnc(NC(=O)CSc2nc(N)c(NC(=O)c3ccc(Br)o3)c(=O)[nH]2)s1. The Morgan fingerprint density at radius 3 is 2.76 bits per heavy atom. The van der Waals surface area contributed by atoms with E-state index in [0.29, 0.717) is 9.80 Å². The molecule has 3 heterocycles. The summed E-state index contributed by atoms with van der Waals surface area (Å²) in [5, 5.41) is 14.1. The molecule has 14 heteroatoms. The minimum absolute atomic E-state index is 0.00583. The highest BCUT2D eigenvalue weighted by atomic mass is 79.9. The molecule has 2 amide bonds. The fourth-order valence-electron chi connectivity index (χ4n) is 2.01. The van der Waals surface area contributed by atoms with Crippen LogP contribution in [0.2, 0.25) is 0 Å². The number of hydrogen-bond acceptors (Lipinski definition) is 10. The lowest BCUT2D eigenvalue weighted by Gasteiger charge is -2.07. The van der Waals surface area contributed by atoms with Gasteiger partial charge in [-0.3, -0.25) is 24.7 Å². The van der Waals surface area contributed by atoms with E-state index in [2.05, 4.69) is 46.7 Å². The van der Waals surface area contributed by atoms with E-state index in [1.54, 1.807) is 0 Å². The molecular weight excluding hydrogens is 486 g/mol. The van der Waals surface area contributed by atoms with Crippen molar-refractivity contribution in [2.45, 2.75) is 18.5 Å². The summed E-state index contributed by atoms with van der Waals surface area (Å²) in [7, 11) is 0. The standard InChI is InChI=1S/C15H14BrN7O4S2/c1-2-9-22-23-15(29-9)18-8(24)5-28-14-20-11(17)10(13(26)21-14)19-12(25)6-3-4-7(16)27-6/h3-4H,2,5H2,1H3,(H,19,25)(H,18,23,24)(H3,17,20,21,26). The maximum absolute atomic E-state index is 12.2. The van der Waals surface area contributed by atoms with Crippen molar-refractivity contribution in [1.29, 1.82) is 0 Å². The Hall–Kier alpha value is -2.71. The summed E-state index contributed by atoms with van der Waals surface area (Å²) in [5.74, 6) is -1.22. The molecule has 0 fully saturated rings. The predicted molar refractivity (Wildman–Crippen MR) is 112 cm³/mol. The minimum Gasteiger partial charge on any atom is -0.444 e. The first-order chi connectivity index (χ1) is 13.9. The van der Waals surface area contributed by atoms with Crippen LogP contribution in [0.25, 0.3) is 0 Å². The van der Waals surface area contributed by atoms with Crippen molar-refractivity contribution in [3.8, 4) is 0 Å². The lowest BCUT2D eigenvalue weighted by Crippen LogP contribution is -2.23. The molecule has 0 aliphatic heterocycles. The second-order valence-corrected chi connectivity index (χ2v) is 8.19. The molecule has 0 spiro atoms. The topological polar surface area (TPSA) is 169 Å². The second kappa shape index (κ2) is 9.19. The summed E-state index contributed by atoms with van der Waals surface area (Å²) in [6, 6.07) is 2.97. The zero-order chi connectivity index (χ0) is 21.0. The van der Waals surface area contributed by atoms with E-state index < -0.39 is 11.5 Å². The normalized spacial score (nSPS) is 10.7. The first-order valence-corrected chi connectivity index (χ1v) is 10.7. The minimum atomic E-state index is -0.656. The number of aryl methyl sites for hydroxylation is 1. The third-order valence-electron chi connectivity index (χ3n) is 3.32. The summed E-state index contributed by atoms with van der Waals surface area (Å²) < 4.78 is 5.48. The van der Waals surface area contributed by atoms with E-state index in [9.17, 15) is 14.4 Å². The largest absolute Gasteiger partial charge is 0.444 e. The highest BCUT2D eigenvalue weighted by Crippen LogP contribution is 2.20. The maximum atomic E-state index is 12.2. The number of thioether (sulfide) groups is 1. The Morgan fingerprint density at radius 1 is 1.34 bits per heavy atom. The lowest BCUT2D eigenvalue weighted by atomic mass is 10.4. The molecule has 0 saturated carbocycles. The summed E-state index contributed by atoms with van der Waals surface area (Å²) in [6.45, 7) is 1.94. The number of nitrogen functional groups attached to an aromatic ring is 1. The Balaban J connectivity index is 1.62. The highest BCUT2D eigenvalue weighted by molar-refractivity contribution is 9.10. The number of carbonyl (C=O) groups excluding carboxylic acids is 2. The van der Waals surface area contributed by atoms with Gasteiger partial charge in [-0.15, -0.1) is 10.2 Å². The number of furan rings is 1. The van der Waals surface area contributed by atoms with E-state index in [1.807, 2.05) is 6.92 Å². The Morgan fingerprint density at radius 2 is 2.14 bits per heavy atom. The van der Waals surface area contributed by atoms with Gasteiger partial charge in [-0.05, 0) is 34.5 Å². The molecule has 0 unspecified atom stereocenters. The van der Waals surface area contributed by atoms with E-state index in [-0.39, 0.29) is 34.1 Å². The Bertz CT molecular complexity index is 1110. The van der Waals surface area contributed by atoms with Gasteiger partial charge in [0.15, 0.2) is 27.1 Å². The van der Waals surface area contributed by atoms with Crippen LogP contribution in [0.1, 0.15) is 22.5 Å². The Labute approximate surface area is 180 Å². The number of hydrogen-bond donors (Lipinski definition) is 4. The summed E-state index contributed by atoms with van der Waals surface area (Å²) in [4.78, 5) is 42.8. The van der Waals surface area contributed by atoms with Gasteiger partial charge in [0.1, 0.15) is 5.01 Å². The molecule has 0 aromatic carbocycles. The number of amides is 2. The molecule has 29 heavy (non-hydrogen) atoms. The molecule has 0 radical (unpaired) electrons. The number of nitrogens with one attached hydrogen (secondary N) is 3. The van der Waals surface area contributed by atoms with E-state index >= 15 is 0 Å². The smallest absolute Gasteiger partial charge is 0.291 e. The quantitative estimate of drug-likeness (QED) is 0.280. The summed E-state index contributed by atoms with van der Waals surface area (Å²) in [5.41, 5.74) is 4.92. The van der Waals surface area contributed by atoms with Crippen molar-refractivity contribution in [2.75, 3.05) is 22.1 Å². The van der Waals surface area contributed by atoms with Crippen LogP contribution in [0.4, 0.5) is 16.6 Å². The number of aromatic amines is 1. The third kappa shape index (κ3) is 5.42. The molecule has 0 aliphatic rings. The molecule has 152 valence electrons. The van der Waals surface area contributed by atoms with Gasteiger partial charge in [0.25, 0.3) is 11.5 Å². The number of nitrogens with two attached hydrogens (primary N) is 1. The molecule has 11 nitrogen and oxygen atoms in total. The van der Waals surface area contributed by atoms with Crippen LogP contribution >= 0.6 is 39.0 Å². The van der Waals surface area contributed by atoms with Crippen LogP contribution in [0.3, 0.4) is 0 Å².